The molecule has 68 valence electrons. The normalized spacial score (nSPS) is 29.2. The SMILES string of the molecule is O=C(O)C1(C(F)(F)F)CCN=N1. The van der Waals surface area contributed by atoms with Gasteiger partial charge in [0.2, 0.25) is 0 Å². The van der Waals surface area contributed by atoms with Crippen molar-refractivity contribution in [1.82, 2.24) is 0 Å². The molecule has 1 unspecified atom stereocenters. The topological polar surface area (TPSA) is 62.0 Å². The van der Waals surface area contributed by atoms with Crippen LogP contribution in [0.5, 0.6) is 0 Å². The van der Waals surface area contributed by atoms with Crippen LogP contribution in [0.2, 0.25) is 0 Å². The maximum absolute atomic E-state index is 12.1. The minimum atomic E-state index is -4.86. The van der Waals surface area contributed by atoms with Gasteiger partial charge in [-0.25, -0.2) is 4.79 Å². The summed E-state index contributed by atoms with van der Waals surface area (Å²) < 4.78 is 36.4. The van der Waals surface area contributed by atoms with Crippen molar-refractivity contribution in [2.75, 3.05) is 6.54 Å². The second kappa shape index (κ2) is 2.43. The lowest BCUT2D eigenvalue weighted by molar-refractivity contribution is -0.200. The number of rotatable bonds is 1. The highest BCUT2D eigenvalue weighted by atomic mass is 19.4. The first kappa shape index (κ1) is 8.95. The number of carboxylic acid groups (broad SMARTS) is 1. The second-order valence-corrected chi connectivity index (χ2v) is 2.38. The van der Waals surface area contributed by atoms with Crippen LogP contribution in [0.15, 0.2) is 10.2 Å². The smallest absolute Gasteiger partial charge is 0.426 e. The Morgan fingerprint density at radius 2 is 2.08 bits per heavy atom. The molecule has 0 amide bonds. The van der Waals surface area contributed by atoms with E-state index in [4.69, 9.17) is 5.11 Å². The van der Waals surface area contributed by atoms with Gasteiger partial charge in [0.1, 0.15) is 0 Å². The van der Waals surface area contributed by atoms with Crippen LogP contribution in [0.25, 0.3) is 0 Å². The lowest BCUT2D eigenvalue weighted by Crippen LogP contribution is -2.49. The van der Waals surface area contributed by atoms with Crippen LogP contribution in [0.1, 0.15) is 6.42 Å². The van der Waals surface area contributed by atoms with E-state index in [1.54, 1.807) is 0 Å². The Kier molecular flexibility index (Phi) is 1.81. The predicted octanol–water partition coefficient (Wildman–Crippen LogP) is 1.23. The number of hydrogen-bond acceptors (Lipinski definition) is 3. The first-order valence-electron chi connectivity index (χ1n) is 3.09. The summed E-state index contributed by atoms with van der Waals surface area (Å²) in [6.45, 7) is -0.189. The van der Waals surface area contributed by atoms with Gasteiger partial charge in [-0.05, 0) is 0 Å². The van der Waals surface area contributed by atoms with Crippen LogP contribution in [-0.2, 0) is 4.79 Å². The second-order valence-electron chi connectivity index (χ2n) is 2.38. The Morgan fingerprint density at radius 1 is 1.50 bits per heavy atom. The first-order chi connectivity index (χ1) is 5.40. The molecule has 0 radical (unpaired) electrons. The van der Waals surface area contributed by atoms with Crippen LogP contribution in [0, 0.1) is 0 Å². The maximum atomic E-state index is 12.1. The van der Waals surface area contributed by atoms with Crippen molar-refractivity contribution in [3.8, 4) is 0 Å². The van der Waals surface area contributed by atoms with Crippen molar-refractivity contribution in [3.63, 3.8) is 0 Å². The molecule has 0 saturated carbocycles. The number of azo groups is 1. The van der Waals surface area contributed by atoms with Crippen molar-refractivity contribution in [2.45, 2.75) is 18.1 Å². The molecule has 0 spiro atoms. The summed E-state index contributed by atoms with van der Waals surface area (Å²) in [5.74, 6) is -1.99. The Hall–Kier alpha value is -1.14. The van der Waals surface area contributed by atoms with E-state index in [0.29, 0.717) is 0 Å². The van der Waals surface area contributed by atoms with Gasteiger partial charge >= 0.3 is 12.1 Å². The summed E-state index contributed by atoms with van der Waals surface area (Å²) in [7, 11) is 0. The molecule has 0 fully saturated rings. The monoisotopic (exact) mass is 182 g/mol. The molecule has 1 rings (SSSR count). The molecule has 12 heavy (non-hydrogen) atoms. The zero-order chi connectivity index (χ0) is 9.41. The number of hydrogen-bond donors (Lipinski definition) is 1. The minimum Gasteiger partial charge on any atom is -0.479 e. The van der Waals surface area contributed by atoms with E-state index in [1.165, 1.54) is 0 Å². The van der Waals surface area contributed by atoms with Crippen LogP contribution in [0.4, 0.5) is 13.2 Å². The molecule has 0 bridgehead atoms. The number of aliphatic carboxylic acids is 1. The molecule has 0 aliphatic carbocycles. The van der Waals surface area contributed by atoms with E-state index >= 15 is 0 Å². The summed E-state index contributed by atoms with van der Waals surface area (Å²) >= 11 is 0. The highest BCUT2D eigenvalue weighted by molar-refractivity contribution is 5.80. The van der Waals surface area contributed by atoms with Gasteiger partial charge in [0, 0.05) is 6.42 Å². The third kappa shape index (κ3) is 1.05. The fourth-order valence-electron chi connectivity index (χ4n) is 0.902. The van der Waals surface area contributed by atoms with E-state index in [1.807, 2.05) is 0 Å². The third-order valence-electron chi connectivity index (χ3n) is 1.64. The van der Waals surface area contributed by atoms with Crippen molar-refractivity contribution >= 4 is 5.97 Å². The number of nitrogens with zero attached hydrogens (tertiary/aromatic N) is 2. The van der Waals surface area contributed by atoms with Gasteiger partial charge in [0.05, 0.1) is 6.54 Å². The molecule has 0 saturated heterocycles. The van der Waals surface area contributed by atoms with Crippen LogP contribution in [0.3, 0.4) is 0 Å². The Balaban J connectivity index is 3.04. The zero-order valence-electron chi connectivity index (χ0n) is 5.80. The fourth-order valence-corrected chi connectivity index (χ4v) is 0.902. The quantitative estimate of drug-likeness (QED) is 0.662. The summed E-state index contributed by atoms with van der Waals surface area (Å²) in [5, 5.41) is 14.1. The summed E-state index contributed by atoms with van der Waals surface area (Å²) in [6.07, 6.45) is -5.47. The molecule has 1 heterocycles. The van der Waals surface area contributed by atoms with E-state index in [0.717, 1.165) is 0 Å². The summed E-state index contributed by atoms with van der Waals surface area (Å²) in [4.78, 5) is 10.3. The largest absolute Gasteiger partial charge is 0.479 e. The molecule has 1 aliphatic rings. The number of carbonyl (C=O) groups is 1. The van der Waals surface area contributed by atoms with Gasteiger partial charge in [-0.3, -0.25) is 0 Å². The van der Waals surface area contributed by atoms with Gasteiger partial charge in [-0.2, -0.15) is 23.4 Å². The van der Waals surface area contributed by atoms with Crippen LogP contribution in [-0.4, -0.2) is 29.3 Å². The summed E-state index contributed by atoms with van der Waals surface area (Å²) in [5.41, 5.74) is -2.99. The molecule has 0 aromatic carbocycles. The highest BCUT2D eigenvalue weighted by Crippen LogP contribution is 2.39. The van der Waals surface area contributed by atoms with Gasteiger partial charge in [-0.1, -0.05) is 0 Å². The van der Waals surface area contributed by atoms with E-state index in [2.05, 4.69) is 10.2 Å². The number of carboxylic acids is 1. The van der Waals surface area contributed by atoms with Gasteiger partial charge in [-0.15, -0.1) is 0 Å². The fraction of sp³-hybridized carbons (Fsp3) is 0.800. The van der Waals surface area contributed by atoms with Crippen molar-refractivity contribution in [2.24, 2.45) is 10.2 Å². The average Bonchev–Trinajstić information content (AvgIpc) is 2.31. The van der Waals surface area contributed by atoms with E-state index in [-0.39, 0.29) is 6.54 Å². The molecule has 0 aromatic rings. The van der Waals surface area contributed by atoms with Gasteiger partial charge in [0.25, 0.3) is 5.54 Å². The molecule has 4 nitrogen and oxygen atoms in total. The Morgan fingerprint density at radius 3 is 2.25 bits per heavy atom. The van der Waals surface area contributed by atoms with Gasteiger partial charge < -0.3 is 5.11 Å². The molecule has 1 aliphatic heterocycles. The summed E-state index contributed by atoms with van der Waals surface area (Å²) in [6, 6.07) is 0. The molecule has 1 atom stereocenters. The Bertz CT molecular complexity index is 237. The Labute approximate surface area is 65.1 Å². The van der Waals surface area contributed by atoms with Crippen LogP contribution < -0.4 is 0 Å². The molecular weight excluding hydrogens is 177 g/mol. The van der Waals surface area contributed by atoms with E-state index in [9.17, 15) is 18.0 Å². The molecule has 0 aromatic heterocycles. The van der Waals surface area contributed by atoms with Crippen molar-refractivity contribution in [1.29, 1.82) is 0 Å². The van der Waals surface area contributed by atoms with Crippen LogP contribution >= 0.6 is 0 Å². The molecular formula is C5H5F3N2O2. The molecule has 7 heteroatoms. The zero-order valence-corrected chi connectivity index (χ0v) is 5.80. The number of halogens is 3. The van der Waals surface area contributed by atoms with Crippen molar-refractivity contribution < 1.29 is 23.1 Å². The predicted molar refractivity (Wildman–Crippen MR) is 30.8 cm³/mol. The average molecular weight is 182 g/mol. The lowest BCUT2D eigenvalue weighted by atomic mass is 9.97. The minimum absolute atomic E-state index is 0.189. The maximum Gasteiger partial charge on any atom is 0.426 e. The number of alkyl halides is 3. The van der Waals surface area contributed by atoms with E-state index < -0.39 is 24.1 Å². The van der Waals surface area contributed by atoms with Gasteiger partial charge in [0.15, 0.2) is 0 Å². The third-order valence-corrected chi connectivity index (χ3v) is 1.64. The lowest BCUT2D eigenvalue weighted by Gasteiger charge is -2.21. The highest BCUT2D eigenvalue weighted by Gasteiger charge is 2.63. The first-order valence-corrected chi connectivity index (χ1v) is 3.09. The standard InChI is InChI=1S/C5H5F3N2O2/c6-5(7,8)4(3(11)12)1-2-9-10-4/h1-2H2,(H,11,12). The molecule has 1 N–H and O–H groups in total. The van der Waals surface area contributed by atoms with Crippen molar-refractivity contribution in [3.05, 3.63) is 0 Å².